The topological polar surface area (TPSA) is 58.1 Å². The molecule has 1 aromatic rings. The summed E-state index contributed by atoms with van der Waals surface area (Å²) >= 11 is 0. The van der Waals surface area contributed by atoms with Crippen molar-refractivity contribution in [2.45, 2.75) is 6.18 Å². The first-order valence-corrected chi connectivity index (χ1v) is 4.65. The van der Waals surface area contributed by atoms with Crippen LogP contribution in [0.15, 0.2) is 12.1 Å². The zero-order chi connectivity index (χ0) is 13.1. The second kappa shape index (κ2) is 4.98. The zero-order valence-corrected chi connectivity index (χ0v) is 9.25. The van der Waals surface area contributed by atoms with Crippen LogP contribution in [0.1, 0.15) is 10.5 Å². The molecule has 0 fully saturated rings. The number of carbonyl (C=O) groups is 1. The molecule has 0 spiro atoms. The van der Waals surface area contributed by atoms with Crippen molar-refractivity contribution in [2.24, 2.45) is 0 Å². The average Bonchev–Trinajstić information content (AvgIpc) is 2.25. The molecule has 0 bridgehead atoms. The second-order valence-electron chi connectivity index (χ2n) is 3.47. The van der Waals surface area contributed by atoms with Crippen LogP contribution in [-0.2, 0) is 0 Å². The fraction of sp³-hybridized carbons (Fsp3) is 0.444. The Morgan fingerprint density at radius 2 is 2.00 bits per heavy atom. The first-order chi connectivity index (χ1) is 7.79. The number of halogens is 3. The van der Waals surface area contributed by atoms with E-state index in [1.165, 1.54) is 17.0 Å². The van der Waals surface area contributed by atoms with Crippen molar-refractivity contribution in [3.05, 3.63) is 17.8 Å². The van der Waals surface area contributed by atoms with Gasteiger partial charge in [-0.2, -0.15) is 13.2 Å². The highest BCUT2D eigenvalue weighted by molar-refractivity contribution is 5.91. The minimum Gasteiger partial charge on any atom is -0.360 e. The van der Waals surface area contributed by atoms with Crippen molar-refractivity contribution in [3.8, 4) is 0 Å². The smallest absolute Gasteiger partial charge is 0.360 e. The van der Waals surface area contributed by atoms with Gasteiger partial charge in [-0.05, 0) is 12.1 Å². The lowest BCUT2D eigenvalue weighted by Gasteiger charge is -2.10. The summed E-state index contributed by atoms with van der Waals surface area (Å²) in [5.41, 5.74) is 0.0764. The summed E-state index contributed by atoms with van der Waals surface area (Å²) in [7, 11) is 3.08. The third kappa shape index (κ3) is 4.25. The first-order valence-electron chi connectivity index (χ1n) is 4.65. The molecular formula is C9H11F3N4O. The maximum Gasteiger partial charge on any atom is 0.405 e. The minimum absolute atomic E-state index is 0.0300. The molecule has 8 heteroatoms. The lowest BCUT2D eigenvalue weighted by atomic mass is 10.3. The van der Waals surface area contributed by atoms with Gasteiger partial charge in [-0.3, -0.25) is 4.79 Å². The van der Waals surface area contributed by atoms with Crippen LogP contribution in [0.25, 0.3) is 0 Å². The van der Waals surface area contributed by atoms with Gasteiger partial charge in [-0.1, -0.05) is 0 Å². The molecule has 0 aliphatic rings. The van der Waals surface area contributed by atoms with Crippen molar-refractivity contribution < 1.29 is 18.0 Å². The molecule has 1 rings (SSSR count). The van der Waals surface area contributed by atoms with Gasteiger partial charge < -0.3 is 10.2 Å². The van der Waals surface area contributed by atoms with Gasteiger partial charge in [0.05, 0.1) is 0 Å². The molecule has 1 aromatic heterocycles. The van der Waals surface area contributed by atoms with Gasteiger partial charge in [0, 0.05) is 14.1 Å². The molecule has 0 saturated carbocycles. The second-order valence-corrected chi connectivity index (χ2v) is 3.47. The van der Waals surface area contributed by atoms with Gasteiger partial charge in [-0.15, -0.1) is 10.2 Å². The van der Waals surface area contributed by atoms with Crippen molar-refractivity contribution in [2.75, 3.05) is 26.0 Å². The molecule has 1 heterocycles. The number of amides is 1. The van der Waals surface area contributed by atoms with E-state index in [4.69, 9.17) is 0 Å². The number of hydrogen-bond acceptors (Lipinski definition) is 4. The Morgan fingerprint density at radius 3 is 2.41 bits per heavy atom. The molecule has 0 saturated heterocycles. The molecule has 5 nitrogen and oxygen atoms in total. The first kappa shape index (κ1) is 13.2. The van der Waals surface area contributed by atoms with E-state index >= 15 is 0 Å². The van der Waals surface area contributed by atoms with E-state index < -0.39 is 12.7 Å². The fourth-order valence-corrected chi connectivity index (χ4v) is 0.960. The highest BCUT2D eigenvalue weighted by Crippen LogP contribution is 2.15. The maximum absolute atomic E-state index is 11.9. The van der Waals surface area contributed by atoms with Crippen LogP contribution in [0.4, 0.5) is 19.0 Å². The lowest BCUT2D eigenvalue weighted by Crippen LogP contribution is -2.24. The molecule has 0 radical (unpaired) electrons. The van der Waals surface area contributed by atoms with E-state index in [2.05, 4.69) is 15.5 Å². The number of anilines is 1. The SMILES string of the molecule is CN(C)C(=O)c1ccc(NCC(F)(F)F)nn1. The highest BCUT2D eigenvalue weighted by Gasteiger charge is 2.26. The Kier molecular flexibility index (Phi) is 3.87. The van der Waals surface area contributed by atoms with Crippen LogP contribution in [0.5, 0.6) is 0 Å². The molecule has 17 heavy (non-hydrogen) atoms. The van der Waals surface area contributed by atoms with Gasteiger partial charge in [0.25, 0.3) is 5.91 Å². The third-order valence-corrected chi connectivity index (χ3v) is 1.76. The quantitative estimate of drug-likeness (QED) is 0.871. The third-order valence-electron chi connectivity index (χ3n) is 1.76. The zero-order valence-electron chi connectivity index (χ0n) is 9.25. The predicted octanol–water partition coefficient (Wildman–Crippen LogP) is 1.15. The normalized spacial score (nSPS) is 11.1. The highest BCUT2D eigenvalue weighted by atomic mass is 19.4. The van der Waals surface area contributed by atoms with Gasteiger partial charge in [0.15, 0.2) is 5.69 Å². The largest absolute Gasteiger partial charge is 0.405 e. The van der Waals surface area contributed by atoms with E-state index in [9.17, 15) is 18.0 Å². The Hall–Kier alpha value is -1.86. The summed E-state index contributed by atoms with van der Waals surface area (Å²) in [4.78, 5) is 12.7. The number of alkyl halides is 3. The van der Waals surface area contributed by atoms with Crippen molar-refractivity contribution >= 4 is 11.7 Å². The van der Waals surface area contributed by atoms with Crippen molar-refractivity contribution in [3.63, 3.8) is 0 Å². The fourth-order valence-electron chi connectivity index (χ4n) is 0.960. The molecule has 1 amide bonds. The number of nitrogens with one attached hydrogen (secondary N) is 1. The van der Waals surface area contributed by atoms with Crippen molar-refractivity contribution in [1.29, 1.82) is 0 Å². The predicted molar refractivity (Wildman–Crippen MR) is 54.6 cm³/mol. The van der Waals surface area contributed by atoms with Gasteiger partial charge in [0.1, 0.15) is 12.4 Å². The molecular weight excluding hydrogens is 237 g/mol. The van der Waals surface area contributed by atoms with Crippen LogP contribution < -0.4 is 5.32 Å². The van der Waals surface area contributed by atoms with E-state index in [0.717, 1.165) is 0 Å². The molecule has 1 N–H and O–H groups in total. The number of aromatic nitrogens is 2. The summed E-state index contributed by atoms with van der Waals surface area (Å²) < 4.78 is 35.6. The Bertz CT molecular complexity index is 388. The molecule has 0 aromatic carbocycles. The van der Waals surface area contributed by atoms with Crippen LogP contribution in [0.2, 0.25) is 0 Å². The van der Waals surface area contributed by atoms with Gasteiger partial charge in [0.2, 0.25) is 0 Å². The van der Waals surface area contributed by atoms with E-state index in [1.807, 2.05) is 0 Å². The number of nitrogens with zero attached hydrogens (tertiary/aromatic N) is 3. The van der Waals surface area contributed by atoms with E-state index in [-0.39, 0.29) is 17.4 Å². The average molecular weight is 248 g/mol. The van der Waals surface area contributed by atoms with Crippen LogP contribution in [0, 0.1) is 0 Å². The molecule has 0 unspecified atom stereocenters. The summed E-state index contributed by atoms with van der Waals surface area (Å²) in [6, 6.07) is 2.59. The van der Waals surface area contributed by atoms with E-state index in [1.54, 1.807) is 14.1 Å². The van der Waals surface area contributed by atoms with Gasteiger partial charge in [-0.25, -0.2) is 0 Å². The molecule has 94 valence electrons. The van der Waals surface area contributed by atoms with E-state index in [0.29, 0.717) is 0 Å². The summed E-state index contributed by atoms with van der Waals surface area (Å²) in [5, 5.41) is 9.06. The maximum atomic E-state index is 11.9. The Balaban J connectivity index is 2.66. The number of carbonyl (C=O) groups excluding carboxylic acids is 1. The number of hydrogen-bond donors (Lipinski definition) is 1. The standard InChI is InChI=1S/C9H11F3N4O/c1-16(2)8(17)6-3-4-7(15-14-6)13-5-9(10,11)12/h3-4H,5H2,1-2H3,(H,13,15). The van der Waals surface area contributed by atoms with Gasteiger partial charge >= 0.3 is 6.18 Å². The monoisotopic (exact) mass is 248 g/mol. The summed E-state index contributed by atoms with van der Waals surface area (Å²) in [5.74, 6) is -0.391. The Morgan fingerprint density at radius 1 is 1.35 bits per heavy atom. The molecule has 0 aliphatic carbocycles. The van der Waals surface area contributed by atoms with Crippen LogP contribution in [0.3, 0.4) is 0 Å². The minimum atomic E-state index is -4.32. The van der Waals surface area contributed by atoms with Crippen LogP contribution in [-0.4, -0.2) is 47.8 Å². The molecule has 0 aliphatic heterocycles. The summed E-state index contributed by atoms with van der Waals surface area (Å²) in [6.45, 7) is -1.19. The summed E-state index contributed by atoms with van der Waals surface area (Å²) in [6.07, 6.45) is -4.32. The molecule has 0 atom stereocenters. The number of rotatable bonds is 3. The Labute approximate surface area is 95.6 Å². The van der Waals surface area contributed by atoms with Crippen LogP contribution >= 0.6 is 0 Å². The van der Waals surface area contributed by atoms with Crippen molar-refractivity contribution in [1.82, 2.24) is 15.1 Å². The lowest BCUT2D eigenvalue weighted by molar-refractivity contribution is -0.115.